The molecule has 3 rings (SSSR count). The number of fused-ring (bicyclic) bond motifs is 1. The second kappa shape index (κ2) is 4.82. The third kappa shape index (κ3) is 2.28. The largest absolute Gasteiger partial charge is 0.436 e. The van der Waals surface area contributed by atoms with Crippen LogP contribution in [0.15, 0.2) is 36.8 Å². The molecule has 0 saturated heterocycles. The topological polar surface area (TPSA) is 77.5 Å². The van der Waals surface area contributed by atoms with Gasteiger partial charge in [-0.25, -0.2) is 10.8 Å². The molecule has 0 aliphatic carbocycles. The smallest absolute Gasteiger partial charge is 0.265 e. The van der Waals surface area contributed by atoms with Crippen molar-refractivity contribution in [3.05, 3.63) is 47.9 Å². The maximum absolute atomic E-state index is 5.86. The van der Waals surface area contributed by atoms with Crippen LogP contribution < -0.4 is 16.0 Å². The quantitative estimate of drug-likeness (QED) is 0.564. The van der Waals surface area contributed by atoms with E-state index in [1.807, 2.05) is 32.2 Å². The number of imidazole rings is 1. The minimum absolute atomic E-state index is 0.412. The van der Waals surface area contributed by atoms with Crippen LogP contribution in [0.3, 0.4) is 0 Å². The van der Waals surface area contributed by atoms with E-state index in [2.05, 4.69) is 21.5 Å². The fourth-order valence-electron chi connectivity index (χ4n) is 2.14. The number of nitrogens with one attached hydrogen (secondary N) is 1. The Kier molecular flexibility index (Phi) is 3.00. The Hall–Kier alpha value is -2.60. The zero-order chi connectivity index (χ0) is 14.1. The van der Waals surface area contributed by atoms with Crippen molar-refractivity contribution in [2.24, 2.45) is 5.84 Å². The molecular weight excluding hydrogens is 254 g/mol. The Morgan fingerprint density at radius 1 is 1.20 bits per heavy atom. The predicted molar refractivity (Wildman–Crippen MR) is 76.8 cm³/mol. The summed E-state index contributed by atoms with van der Waals surface area (Å²) in [6.45, 7) is 4.05. The fourth-order valence-corrected chi connectivity index (χ4v) is 2.14. The van der Waals surface area contributed by atoms with Gasteiger partial charge in [0.15, 0.2) is 5.82 Å². The molecule has 0 amide bonds. The van der Waals surface area contributed by atoms with Gasteiger partial charge in [0.1, 0.15) is 5.75 Å². The van der Waals surface area contributed by atoms with E-state index in [0.717, 1.165) is 16.9 Å². The number of rotatable bonds is 3. The van der Waals surface area contributed by atoms with Crippen molar-refractivity contribution in [1.29, 1.82) is 0 Å². The number of aryl methyl sites for hydroxylation is 2. The first-order chi connectivity index (χ1) is 9.65. The molecule has 2 heterocycles. The zero-order valence-electron chi connectivity index (χ0n) is 11.3. The van der Waals surface area contributed by atoms with Crippen LogP contribution >= 0.6 is 0 Å². The predicted octanol–water partition coefficient (Wildman–Crippen LogP) is 2.42. The van der Waals surface area contributed by atoms with Crippen molar-refractivity contribution in [1.82, 2.24) is 14.4 Å². The molecule has 102 valence electrons. The lowest BCUT2D eigenvalue weighted by molar-refractivity contribution is 0.465. The molecule has 6 nitrogen and oxygen atoms in total. The second-order valence-corrected chi connectivity index (χ2v) is 4.66. The molecule has 20 heavy (non-hydrogen) atoms. The van der Waals surface area contributed by atoms with Crippen LogP contribution in [0.25, 0.3) is 5.65 Å². The van der Waals surface area contributed by atoms with E-state index in [1.54, 1.807) is 16.8 Å². The summed E-state index contributed by atoms with van der Waals surface area (Å²) in [6, 6.07) is 6.00. The Balaban J connectivity index is 2.07. The molecule has 1 aromatic carbocycles. The van der Waals surface area contributed by atoms with Crippen molar-refractivity contribution >= 4 is 11.5 Å². The highest BCUT2D eigenvalue weighted by molar-refractivity contribution is 5.55. The Labute approximate surface area is 116 Å². The molecular formula is C14H15N5O. The van der Waals surface area contributed by atoms with Crippen LogP contribution in [0.4, 0.5) is 5.82 Å². The van der Waals surface area contributed by atoms with Crippen molar-refractivity contribution in [3.63, 3.8) is 0 Å². The van der Waals surface area contributed by atoms with Gasteiger partial charge in [-0.15, -0.1) is 0 Å². The van der Waals surface area contributed by atoms with Crippen LogP contribution in [-0.4, -0.2) is 14.4 Å². The van der Waals surface area contributed by atoms with Crippen molar-refractivity contribution in [3.8, 4) is 11.6 Å². The van der Waals surface area contributed by atoms with Crippen LogP contribution in [0.1, 0.15) is 11.1 Å². The van der Waals surface area contributed by atoms with Gasteiger partial charge in [-0.1, -0.05) is 6.07 Å². The summed E-state index contributed by atoms with van der Waals surface area (Å²) in [7, 11) is 0. The number of hydrogen-bond acceptors (Lipinski definition) is 5. The maximum atomic E-state index is 5.86. The number of hydrazine groups is 1. The highest BCUT2D eigenvalue weighted by Gasteiger charge is 2.10. The van der Waals surface area contributed by atoms with Crippen molar-refractivity contribution in [2.75, 3.05) is 5.43 Å². The molecule has 0 aliphatic heterocycles. The third-order valence-electron chi connectivity index (χ3n) is 2.90. The molecule has 0 atom stereocenters. The van der Waals surface area contributed by atoms with Gasteiger partial charge in [0.2, 0.25) is 5.65 Å². The summed E-state index contributed by atoms with van der Waals surface area (Å²) in [4.78, 5) is 8.55. The summed E-state index contributed by atoms with van der Waals surface area (Å²) in [5.74, 6) is 7.07. The molecule has 0 fully saturated rings. The van der Waals surface area contributed by atoms with E-state index in [-0.39, 0.29) is 0 Å². The van der Waals surface area contributed by atoms with E-state index in [4.69, 9.17) is 10.6 Å². The van der Waals surface area contributed by atoms with Gasteiger partial charge >= 0.3 is 0 Å². The van der Waals surface area contributed by atoms with E-state index in [1.165, 1.54) is 0 Å². The minimum Gasteiger partial charge on any atom is -0.436 e. The lowest BCUT2D eigenvalue weighted by Crippen LogP contribution is -2.10. The van der Waals surface area contributed by atoms with Gasteiger partial charge in [-0.05, 0) is 37.1 Å². The zero-order valence-corrected chi connectivity index (χ0v) is 11.3. The SMILES string of the molecule is Cc1cc(C)cc(Oc2nc(NN)cn3ccnc23)c1. The average Bonchev–Trinajstić information content (AvgIpc) is 2.85. The molecule has 0 bridgehead atoms. The molecule has 0 aliphatic rings. The van der Waals surface area contributed by atoms with E-state index < -0.39 is 0 Å². The number of benzene rings is 1. The van der Waals surface area contributed by atoms with E-state index in [9.17, 15) is 0 Å². The summed E-state index contributed by atoms with van der Waals surface area (Å²) in [5.41, 5.74) is 5.42. The van der Waals surface area contributed by atoms with E-state index >= 15 is 0 Å². The number of nitrogen functional groups attached to an aromatic ring is 1. The number of anilines is 1. The van der Waals surface area contributed by atoms with Crippen LogP contribution in [0.5, 0.6) is 11.6 Å². The second-order valence-electron chi connectivity index (χ2n) is 4.66. The average molecular weight is 269 g/mol. The lowest BCUT2D eigenvalue weighted by atomic mass is 10.1. The number of nitrogens with two attached hydrogens (primary N) is 1. The fraction of sp³-hybridized carbons (Fsp3) is 0.143. The molecule has 0 radical (unpaired) electrons. The molecule has 3 aromatic rings. The standard InChI is InChI=1S/C14H15N5O/c1-9-5-10(2)7-11(6-9)20-14-13-16-3-4-19(13)8-12(17-14)18-15/h3-8,18H,15H2,1-2H3. The number of hydrogen-bond donors (Lipinski definition) is 2. The Morgan fingerprint density at radius 3 is 2.65 bits per heavy atom. The van der Waals surface area contributed by atoms with Gasteiger partial charge in [-0.3, -0.25) is 4.40 Å². The molecule has 0 saturated carbocycles. The third-order valence-corrected chi connectivity index (χ3v) is 2.90. The summed E-state index contributed by atoms with van der Waals surface area (Å²) in [5, 5.41) is 0. The van der Waals surface area contributed by atoms with Crippen molar-refractivity contribution in [2.45, 2.75) is 13.8 Å². The van der Waals surface area contributed by atoms with Crippen LogP contribution in [0.2, 0.25) is 0 Å². The first-order valence-corrected chi connectivity index (χ1v) is 6.22. The highest BCUT2D eigenvalue weighted by Crippen LogP contribution is 2.26. The number of nitrogens with zero attached hydrogens (tertiary/aromatic N) is 3. The van der Waals surface area contributed by atoms with Gasteiger partial charge in [0, 0.05) is 12.4 Å². The van der Waals surface area contributed by atoms with Crippen molar-refractivity contribution < 1.29 is 4.74 Å². The molecule has 2 aromatic heterocycles. The first-order valence-electron chi connectivity index (χ1n) is 6.22. The molecule has 3 N–H and O–H groups in total. The normalized spacial score (nSPS) is 10.8. The van der Waals surface area contributed by atoms with Gasteiger partial charge in [0.25, 0.3) is 5.88 Å². The molecule has 6 heteroatoms. The summed E-state index contributed by atoms with van der Waals surface area (Å²) >= 11 is 0. The monoisotopic (exact) mass is 269 g/mol. The maximum Gasteiger partial charge on any atom is 0.265 e. The highest BCUT2D eigenvalue weighted by atomic mass is 16.5. The number of ether oxygens (including phenoxy) is 1. The first kappa shape index (κ1) is 12.4. The Morgan fingerprint density at radius 2 is 1.95 bits per heavy atom. The van der Waals surface area contributed by atoms with Crippen LogP contribution in [0, 0.1) is 13.8 Å². The summed E-state index contributed by atoms with van der Waals surface area (Å²) < 4.78 is 7.67. The van der Waals surface area contributed by atoms with Crippen LogP contribution in [-0.2, 0) is 0 Å². The lowest BCUT2D eigenvalue weighted by Gasteiger charge is -2.09. The van der Waals surface area contributed by atoms with Gasteiger partial charge < -0.3 is 10.2 Å². The molecule has 0 spiro atoms. The minimum atomic E-state index is 0.412. The summed E-state index contributed by atoms with van der Waals surface area (Å²) in [6.07, 6.45) is 5.24. The van der Waals surface area contributed by atoms with Gasteiger partial charge in [0.05, 0.1) is 6.20 Å². The van der Waals surface area contributed by atoms with E-state index in [0.29, 0.717) is 17.3 Å². The number of aromatic nitrogens is 3. The Bertz CT molecular complexity index is 745. The molecule has 0 unspecified atom stereocenters. The van der Waals surface area contributed by atoms with Gasteiger partial charge in [-0.2, -0.15) is 4.98 Å².